The molecule has 116 valence electrons. The first-order valence-corrected chi connectivity index (χ1v) is 7.82. The minimum absolute atomic E-state index is 0. The van der Waals surface area contributed by atoms with Crippen LogP contribution in [-0.4, -0.2) is 15.5 Å². The van der Waals surface area contributed by atoms with Crippen LogP contribution in [0.15, 0.2) is 0 Å². The molecule has 0 unspecified atom stereocenters. The summed E-state index contributed by atoms with van der Waals surface area (Å²) in [4.78, 5) is 0. The molecule has 0 bridgehead atoms. The Morgan fingerprint density at radius 2 is 0.737 bits per heavy atom. The Morgan fingerprint density at radius 3 is 0.737 bits per heavy atom. The Kier molecular flexibility index (Phi) is 16.5. The Labute approximate surface area is 140 Å². The van der Waals surface area contributed by atoms with Crippen molar-refractivity contribution in [1.29, 1.82) is 0 Å². The number of rotatable bonds is 0. The largest absolute Gasteiger partial charge is 4.00 e. The van der Waals surface area contributed by atoms with Crippen molar-refractivity contribution in [2.75, 3.05) is 0 Å². The monoisotopic (exact) mass is 323 g/mol. The number of nitrogens with zero attached hydrogens (tertiary/aromatic N) is 1. The average Bonchev–Trinajstić information content (AvgIpc) is 2.00. The molecule has 0 aliphatic carbocycles. The van der Waals surface area contributed by atoms with Crippen LogP contribution in [0, 0.1) is 21.8 Å². The summed E-state index contributed by atoms with van der Waals surface area (Å²) in [5, 5.41) is 11.1. The second-order valence-corrected chi connectivity index (χ2v) is 12.4. The van der Waals surface area contributed by atoms with Crippen LogP contribution in [0.25, 0.3) is 5.16 Å². The predicted octanol–water partition coefficient (Wildman–Crippen LogP) is 6.89. The van der Waals surface area contributed by atoms with Gasteiger partial charge in [0, 0.05) is 0 Å². The van der Waals surface area contributed by atoms with Crippen LogP contribution in [0.1, 0.15) is 69.2 Å². The number of hydrogen-bond acceptors (Lipinski definition) is 0. The van der Waals surface area contributed by atoms with Gasteiger partial charge >= 0.3 is 21.7 Å². The fourth-order valence-corrected chi connectivity index (χ4v) is 9.06. The van der Waals surface area contributed by atoms with Gasteiger partial charge in [0.15, 0.2) is 0 Å². The zero-order valence-electron chi connectivity index (χ0n) is 15.6. The molecule has 0 heterocycles. The fraction of sp³-hybridized carbons (Fsp3) is 0.812. The van der Waals surface area contributed by atoms with Crippen LogP contribution in [0.2, 0.25) is 0 Å². The molecule has 3 heteroatoms. The molecular formula is C16H38NPTi. The molecule has 0 atom stereocenters. The molecule has 0 saturated heterocycles. The first-order chi connectivity index (χ1) is 6.75. The second kappa shape index (κ2) is 9.80. The smallest absolute Gasteiger partial charge is 0.807 e. The molecule has 0 amide bonds. The molecule has 0 fully saturated rings. The van der Waals surface area contributed by atoms with Gasteiger partial charge in [-0.15, -0.1) is 0 Å². The summed E-state index contributed by atoms with van der Waals surface area (Å²) in [6.07, 6.45) is 0. The van der Waals surface area contributed by atoms with Gasteiger partial charge in [0.2, 0.25) is 0 Å². The normalized spacial score (nSPS) is 11.9. The maximum atomic E-state index is 11.1. The third-order valence-corrected chi connectivity index (χ3v) is 8.74. The van der Waals surface area contributed by atoms with E-state index < -0.39 is 7.05 Å². The van der Waals surface area contributed by atoms with Crippen molar-refractivity contribution in [3.8, 4) is 0 Å². The van der Waals surface area contributed by atoms with Gasteiger partial charge in [-0.3, -0.25) is 0 Å². The first kappa shape index (κ1) is 32.0. The van der Waals surface area contributed by atoms with Crippen molar-refractivity contribution in [2.24, 2.45) is 0 Å². The maximum Gasteiger partial charge on any atom is 4.00 e. The molecule has 0 aromatic rings. The van der Waals surface area contributed by atoms with Gasteiger partial charge in [0.1, 0.15) is 0 Å². The quantitative estimate of drug-likeness (QED) is 0.263. The summed E-state index contributed by atoms with van der Waals surface area (Å²) in [5.41, 5.74) is 0. The Hall–Kier alpha value is 0.944. The molecule has 0 aromatic heterocycles. The van der Waals surface area contributed by atoms with Gasteiger partial charge in [-0.05, 0) is 15.5 Å². The molecule has 0 aliphatic heterocycles. The van der Waals surface area contributed by atoms with E-state index in [2.05, 4.69) is 69.2 Å². The molecule has 0 saturated carbocycles. The van der Waals surface area contributed by atoms with Crippen molar-refractivity contribution in [1.82, 2.24) is 0 Å². The van der Waals surface area contributed by atoms with Crippen molar-refractivity contribution in [2.45, 2.75) is 84.7 Å². The van der Waals surface area contributed by atoms with E-state index in [9.17, 15) is 5.16 Å². The Morgan fingerprint density at radius 1 is 0.632 bits per heavy atom. The molecular weight excluding hydrogens is 285 g/mol. The van der Waals surface area contributed by atoms with E-state index in [-0.39, 0.29) is 52.0 Å². The molecule has 0 aromatic carbocycles. The zero-order valence-corrected chi connectivity index (χ0v) is 18.1. The molecule has 0 spiro atoms. The van der Waals surface area contributed by atoms with E-state index in [4.69, 9.17) is 0 Å². The van der Waals surface area contributed by atoms with Crippen molar-refractivity contribution in [3.05, 3.63) is 26.9 Å². The summed E-state index contributed by atoms with van der Waals surface area (Å²) in [6, 6.07) is 0. The van der Waals surface area contributed by atoms with E-state index in [1.54, 1.807) is 6.92 Å². The van der Waals surface area contributed by atoms with Gasteiger partial charge in [-0.2, -0.15) is 6.92 Å². The standard InChI is InChI=1S/C12H27NP.C2H5.2CH3.Ti/c1-10(2,3)14(13,11(4,5)6)12(7,8)9;1-2;;;/h1-9H3;1H2,2H3;2*1H3;/q4*-1;+4. The average molecular weight is 323 g/mol. The summed E-state index contributed by atoms with van der Waals surface area (Å²) in [6.45, 7) is 24.5. The fourth-order valence-electron chi connectivity index (χ4n) is 3.02. The predicted molar refractivity (Wildman–Crippen MR) is 93.4 cm³/mol. The number of hydrogen-bond donors (Lipinski definition) is 0. The molecule has 19 heavy (non-hydrogen) atoms. The molecule has 0 aliphatic rings. The van der Waals surface area contributed by atoms with Crippen LogP contribution in [0.3, 0.4) is 0 Å². The summed E-state index contributed by atoms with van der Waals surface area (Å²) in [5.74, 6) is 0. The van der Waals surface area contributed by atoms with E-state index in [1.807, 2.05) is 0 Å². The van der Waals surface area contributed by atoms with Gasteiger partial charge in [-0.25, -0.2) is 7.05 Å². The van der Waals surface area contributed by atoms with Gasteiger partial charge in [-0.1, -0.05) is 62.3 Å². The van der Waals surface area contributed by atoms with Crippen LogP contribution in [-0.2, 0) is 21.7 Å². The minimum atomic E-state index is -2.02. The van der Waals surface area contributed by atoms with Crippen LogP contribution in [0.4, 0.5) is 0 Å². The molecule has 0 radical (unpaired) electrons. The van der Waals surface area contributed by atoms with Crippen LogP contribution >= 0.6 is 7.05 Å². The van der Waals surface area contributed by atoms with Crippen LogP contribution < -0.4 is 0 Å². The first-order valence-electron chi connectivity index (χ1n) is 6.08. The third-order valence-electron chi connectivity index (χ3n) is 2.91. The summed E-state index contributed by atoms with van der Waals surface area (Å²) in [7, 11) is -2.02. The molecule has 0 N–H and O–H groups in total. The minimum Gasteiger partial charge on any atom is -0.807 e. The third kappa shape index (κ3) is 6.97. The van der Waals surface area contributed by atoms with Gasteiger partial charge < -0.3 is 26.9 Å². The Bertz CT molecular complexity index is 209. The summed E-state index contributed by atoms with van der Waals surface area (Å²) >= 11 is 0. The van der Waals surface area contributed by atoms with Crippen molar-refractivity contribution >= 4 is 7.05 Å². The maximum absolute atomic E-state index is 11.1. The topological polar surface area (TPSA) is 22.3 Å². The second-order valence-electron chi connectivity index (χ2n) is 7.15. The molecule has 0 rings (SSSR count). The Balaban J connectivity index is -0.000000124. The van der Waals surface area contributed by atoms with E-state index >= 15 is 0 Å². The van der Waals surface area contributed by atoms with E-state index in [1.165, 1.54) is 0 Å². The SMILES string of the molecule is CC(C)(C)P(=[N-])(C(C)(C)C)C(C)(C)C.[CH2-]C.[CH3-].[CH3-].[Ti+4]. The summed E-state index contributed by atoms with van der Waals surface area (Å²) < 4.78 is 0. The zero-order chi connectivity index (χ0) is 14.0. The van der Waals surface area contributed by atoms with Crippen molar-refractivity contribution < 1.29 is 21.7 Å². The molecule has 1 nitrogen and oxygen atoms in total. The van der Waals surface area contributed by atoms with Gasteiger partial charge in [0.25, 0.3) is 0 Å². The van der Waals surface area contributed by atoms with E-state index in [0.717, 1.165) is 0 Å². The van der Waals surface area contributed by atoms with E-state index in [0.29, 0.717) is 0 Å². The van der Waals surface area contributed by atoms with Crippen LogP contribution in [0.5, 0.6) is 0 Å². The van der Waals surface area contributed by atoms with Gasteiger partial charge in [0.05, 0.1) is 0 Å². The van der Waals surface area contributed by atoms with Crippen molar-refractivity contribution in [3.63, 3.8) is 0 Å².